The molecular weight excluding hydrogens is 338 g/mol. The van der Waals surface area contributed by atoms with Crippen molar-refractivity contribution in [2.45, 2.75) is 6.92 Å². The standard InChI is InChI=1S/C18H19N3O5/c1-11(22)20-15-9-13(6-7-16(15)25-2)21-17(23)10-26-14-5-3-4-12(8-14)18(19)24/h3-9H,10H2,1-2H3,(H2,19,24)(H,20,22)(H,21,23). The van der Waals surface area contributed by atoms with E-state index in [-0.39, 0.29) is 18.1 Å². The zero-order valence-corrected chi connectivity index (χ0v) is 14.4. The number of anilines is 2. The largest absolute Gasteiger partial charge is 0.495 e. The predicted octanol–water partition coefficient (Wildman–Crippen LogP) is 1.77. The highest BCUT2D eigenvalue weighted by atomic mass is 16.5. The number of nitrogens with one attached hydrogen (secondary N) is 2. The van der Waals surface area contributed by atoms with E-state index in [4.69, 9.17) is 15.2 Å². The van der Waals surface area contributed by atoms with Crippen LogP contribution in [0.15, 0.2) is 42.5 Å². The number of ether oxygens (including phenoxy) is 2. The lowest BCUT2D eigenvalue weighted by Gasteiger charge is -2.12. The molecule has 0 atom stereocenters. The third-order valence-corrected chi connectivity index (χ3v) is 3.28. The van der Waals surface area contributed by atoms with Gasteiger partial charge in [-0.2, -0.15) is 0 Å². The lowest BCUT2D eigenvalue weighted by molar-refractivity contribution is -0.118. The van der Waals surface area contributed by atoms with E-state index in [1.807, 2.05) is 0 Å². The lowest BCUT2D eigenvalue weighted by Crippen LogP contribution is -2.20. The molecule has 2 rings (SSSR count). The molecule has 0 saturated heterocycles. The van der Waals surface area contributed by atoms with Gasteiger partial charge < -0.3 is 25.8 Å². The molecule has 0 aliphatic rings. The molecule has 2 aromatic carbocycles. The molecule has 0 radical (unpaired) electrons. The summed E-state index contributed by atoms with van der Waals surface area (Å²) in [6.45, 7) is 1.11. The molecule has 0 aliphatic heterocycles. The number of rotatable bonds is 7. The van der Waals surface area contributed by atoms with Gasteiger partial charge in [0, 0.05) is 18.2 Å². The second-order valence-electron chi connectivity index (χ2n) is 5.33. The zero-order valence-electron chi connectivity index (χ0n) is 14.4. The summed E-state index contributed by atoms with van der Waals surface area (Å²) in [5, 5.41) is 5.27. The van der Waals surface area contributed by atoms with Crippen LogP contribution in [-0.4, -0.2) is 31.4 Å². The molecule has 26 heavy (non-hydrogen) atoms. The van der Waals surface area contributed by atoms with Gasteiger partial charge in [0.25, 0.3) is 5.91 Å². The van der Waals surface area contributed by atoms with Gasteiger partial charge in [-0.15, -0.1) is 0 Å². The minimum Gasteiger partial charge on any atom is -0.495 e. The van der Waals surface area contributed by atoms with Gasteiger partial charge in [-0.3, -0.25) is 14.4 Å². The summed E-state index contributed by atoms with van der Waals surface area (Å²) in [4.78, 5) is 34.4. The maximum atomic E-state index is 12.0. The Morgan fingerprint density at radius 2 is 1.85 bits per heavy atom. The molecule has 0 spiro atoms. The van der Waals surface area contributed by atoms with E-state index >= 15 is 0 Å². The van der Waals surface area contributed by atoms with E-state index in [9.17, 15) is 14.4 Å². The summed E-state index contributed by atoms with van der Waals surface area (Å²) in [5.41, 5.74) is 6.39. The highest BCUT2D eigenvalue weighted by Gasteiger charge is 2.09. The third kappa shape index (κ3) is 5.23. The molecule has 0 fully saturated rings. The van der Waals surface area contributed by atoms with E-state index in [2.05, 4.69) is 10.6 Å². The van der Waals surface area contributed by atoms with Gasteiger partial charge in [-0.25, -0.2) is 0 Å². The van der Waals surface area contributed by atoms with E-state index < -0.39 is 11.8 Å². The van der Waals surface area contributed by atoms with E-state index in [1.165, 1.54) is 20.1 Å². The number of hydrogen-bond donors (Lipinski definition) is 3. The van der Waals surface area contributed by atoms with Crippen LogP contribution in [0, 0.1) is 0 Å². The van der Waals surface area contributed by atoms with Gasteiger partial charge in [0.2, 0.25) is 11.8 Å². The van der Waals surface area contributed by atoms with Crippen LogP contribution >= 0.6 is 0 Å². The minimum absolute atomic E-state index is 0.260. The fraction of sp³-hybridized carbons (Fsp3) is 0.167. The van der Waals surface area contributed by atoms with Crippen LogP contribution in [0.2, 0.25) is 0 Å². The highest BCUT2D eigenvalue weighted by Crippen LogP contribution is 2.27. The number of methoxy groups -OCH3 is 1. The number of hydrogen-bond acceptors (Lipinski definition) is 5. The lowest BCUT2D eigenvalue weighted by atomic mass is 10.2. The first-order valence-electron chi connectivity index (χ1n) is 7.67. The van der Waals surface area contributed by atoms with Crippen LogP contribution in [0.25, 0.3) is 0 Å². The van der Waals surface area contributed by atoms with Gasteiger partial charge in [0.1, 0.15) is 11.5 Å². The van der Waals surface area contributed by atoms with Gasteiger partial charge in [0.15, 0.2) is 6.61 Å². The molecule has 0 bridgehead atoms. The molecule has 0 aliphatic carbocycles. The number of carbonyl (C=O) groups is 3. The van der Waals surface area contributed by atoms with Crippen LogP contribution < -0.4 is 25.8 Å². The quantitative estimate of drug-likeness (QED) is 0.697. The van der Waals surface area contributed by atoms with Crippen molar-refractivity contribution in [3.8, 4) is 11.5 Å². The second-order valence-corrected chi connectivity index (χ2v) is 5.33. The molecular formula is C18H19N3O5. The Morgan fingerprint density at radius 3 is 2.50 bits per heavy atom. The summed E-state index contributed by atoms with van der Waals surface area (Å²) in [6.07, 6.45) is 0. The SMILES string of the molecule is COc1ccc(NC(=O)COc2cccc(C(N)=O)c2)cc1NC(C)=O. The number of benzene rings is 2. The predicted molar refractivity (Wildman–Crippen MR) is 96.4 cm³/mol. The van der Waals surface area contributed by atoms with Crippen molar-refractivity contribution in [3.05, 3.63) is 48.0 Å². The molecule has 4 N–H and O–H groups in total. The first-order chi connectivity index (χ1) is 12.4. The third-order valence-electron chi connectivity index (χ3n) is 3.28. The summed E-state index contributed by atoms with van der Waals surface area (Å²) >= 11 is 0. The maximum absolute atomic E-state index is 12.0. The van der Waals surface area contributed by atoms with Crippen LogP contribution in [0.5, 0.6) is 11.5 Å². The minimum atomic E-state index is -0.580. The number of amides is 3. The van der Waals surface area contributed by atoms with Crippen LogP contribution in [0.3, 0.4) is 0 Å². The van der Waals surface area contributed by atoms with Crippen LogP contribution in [0.1, 0.15) is 17.3 Å². The van der Waals surface area contributed by atoms with Crippen molar-refractivity contribution in [1.82, 2.24) is 0 Å². The number of primary amides is 1. The molecule has 3 amide bonds. The van der Waals surface area contributed by atoms with Gasteiger partial charge in [-0.1, -0.05) is 6.07 Å². The summed E-state index contributed by atoms with van der Waals surface area (Å²) < 4.78 is 10.5. The van der Waals surface area contributed by atoms with Crippen molar-refractivity contribution < 1.29 is 23.9 Å². The zero-order chi connectivity index (χ0) is 19.1. The molecule has 0 heterocycles. The number of nitrogens with two attached hydrogens (primary N) is 1. The molecule has 2 aromatic rings. The van der Waals surface area contributed by atoms with Gasteiger partial charge >= 0.3 is 0 Å². The van der Waals surface area contributed by atoms with E-state index in [0.717, 1.165) is 0 Å². The normalized spacial score (nSPS) is 9.92. The Labute approximate surface area is 150 Å². The summed E-state index contributed by atoms with van der Waals surface area (Å²) in [5.74, 6) is -0.427. The summed E-state index contributed by atoms with van der Waals surface area (Å²) in [7, 11) is 1.48. The fourth-order valence-electron chi connectivity index (χ4n) is 2.16. The Balaban J connectivity index is 2.00. The van der Waals surface area contributed by atoms with Crippen molar-refractivity contribution in [1.29, 1.82) is 0 Å². The van der Waals surface area contributed by atoms with Crippen molar-refractivity contribution >= 4 is 29.1 Å². The highest BCUT2D eigenvalue weighted by molar-refractivity contribution is 5.95. The van der Waals surface area contributed by atoms with Gasteiger partial charge in [-0.05, 0) is 36.4 Å². The first-order valence-corrected chi connectivity index (χ1v) is 7.67. The Hall–Kier alpha value is -3.55. The molecule has 8 heteroatoms. The molecule has 0 aromatic heterocycles. The Morgan fingerprint density at radius 1 is 1.08 bits per heavy atom. The molecule has 8 nitrogen and oxygen atoms in total. The maximum Gasteiger partial charge on any atom is 0.262 e. The fourth-order valence-corrected chi connectivity index (χ4v) is 2.16. The van der Waals surface area contributed by atoms with Crippen molar-refractivity contribution in [2.24, 2.45) is 5.73 Å². The first kappa shape index (κ1) is 18.8. The monoisotopic (exact) mass is 357 g/mol. The molecule has 136 valence electrons. The summed E-state index contributed by atoms with van der Waals surface area (Å²) in [6, 6.07) is 11.1. The second kappa shape index (κ2) is 8.52. The van der Waals surface area contributed by atoms with E-state index in [1.54, 1.807) is 36.4 Å². The van der Waals surface area contributed by atoms with Crippen LogP contribution in [-0.2, 0) is 9.59 Å². The van der Waals surface area contributed by atoms with E-state index in [0.29, 0.717) is 22.9 Å². The molecule has 0 unspecified atom stereocenters. The van der Waals surface area contributed by atoms with Crippen molar-refractivity contribution in [2.75, 3.05) is 24.4 Å². The van der Waals surface area contributed by atoms with Crippen LogP contribution in [0.4, 0.5) is 11.4 Å². The van der Waals surface area contributed by atoms with Crippen molar-refractivity contribution in [3.63, 3.8) is 0 Å². The average molecular weight is 357 g/mol. The van der Waals surface area contributed by atoms with Gasteiger partial charge in [0.05, 0.1) is 12.8 Å². The average Bonchev–Trinajstić information content (AvgIpc) is 2.60. The topological polar surface area (TPSA) is 120 Å². The smallest absolute Gasteiger partial charge is 0.262 e. The Bertz CT molecular complexity index is 835. The Kier molecular flexibility index (Phi) is 6.15. The number of carbonyl (C=O) groups excluding carboxylic acids is 3. The molecule has 0 saturated carbocycles.